The van der Waals surface area contributed by atoms with Gasteiger partial charge in [0.2, 0.25) is 0 Å². The van der Waals surface area contributed by atoms with Crippen molar-refractivity contribution in [1.82, 2.24) is 0 Å². The van der Waals surface area contributed by atoms with Crippen molar-refractivity contribution < 1.29 is 0 Å². The van der Waals surface area contributed by atoms with Gasteiger partial charge in [-0.15, -0.1) is 0 Å². The van der Waals surface area contributed by atoms with Gasteiger partial charge in [0.25, 0.3) is 0 Å². The van der Waals surface area contributed by atoms with Crippen molar-refractivity contribution in [2.24, 2.45) is 0 Å². The van der Waals surface area contributed by atoms with Crippen LogP contribution in [-0.4, -0.2) is 0 Å². The van der Waals surface area contributed by atoms with Crippen LogP contribution in [0.1, 0.15) is 0 Å². The summed E-state index contributed by atoms with van der Waals surface area (Å²) in [7, 11) is 0. The van der Waals surface area contributed by atoms with Crippen LogP contribution in [0.4, 0.5) is 0 Å². The second-order valence-electron chi connectivity index (χ2n) is 9.29. The van der Waals surface area contributed by atoms with Crippen LogP contribution < -0.4 is 0 Å². The molecule has 0 bridgehead atoms. The molecule has 37 heavy (non-hydrogen) atoms. The molecule has 0 saturated carbocycles. The molecule has 0 N–H and O–H groups in total. The molecule has 0 spiro atoms. The molecule has 0 unspecified atom stereocenters. The fourth-order valence-electron chi connectivity index (χ4n) is 5.47. The maximum Gasteiger partial charge on any atom is 0.0201 e. The average molecular weight is 489 g/mol. The van der Waals surface area contributed by atoms with Crippen LogP contribution in [0.15, 0.2) is 155 Å². The first kappa shape index (κ1) is 21.9. The molecule has 6 aromatic rings. The van der Waals surface area contributed by atoms with Crippen LogP contribution in [0.25, 0.3) is 55.6 Å². The Morgan fingerprint density at radius 1 is 0.297 bits per heavy atom. The molecule has 1 heteroatoms. The maximum atomic E-state index is 2.42. The summed E-state index contributed by atoms with van der Waals surface area (Å²) < 4.78 is 0. The Hall–Kier alpha value is -4.33. The van der Waals surface area contributed by atoms with Crippen LogP contribution in [0.5, 0.6) is 0 Å². The molecule has 0 saturated heterocycles. The highest BCUT2D eigenvalue weighted by molar-refractivity contribution is 7.99. The van der Waals surface area contributed by atoms with E-state index in [4.69, 9.17) is 0 Å². The first-order valence-electron chi connectivity index (χ1n) is 12.6. The van der Waals surface area contributed by atoms with Crippen LogP contribution in [0.2, 0.25) is 0 Å². The largest absolute Gasteiger partial charge is 0.0888 e. The van der Waals surface area contributed by atoms with Crippen LogP contribution in [0, 0.1) is 0 Å². The van der Waals surface area contributed by atoms with Gasteiger partial charge in [0.1, 0.15) is 0 Å². The summed E-state index contributed by atoms with van der Waals surface area (Å²) in [5.74, 6) is 0. The lowest BCUT2D eigenvalue weighted by atomic mass is 9.79. The van der Waals surface area contributed by atoms with Crippen molar-refractivity contribution in [2.75, 3.05) is 0 Å². The number of benzene rings is 6. The van der Waals surface area contributed by atoms with E-state index in [2.05, 4.69) is 146 Å². The Kier molecular flexibility index (Phi) is 5.49. The minimum absolute atomic E-state index is 1.23. The molecule has 1 aliphatic heterocycles. The van der Waals surface area contributed by atoms with E-state index in [1.165, 1.54) is 65.4 Å². The summed E-state index contributed by atoms with van der Waals surface area (Å²) in [4.78, 5) is 2.58. The molecule has 0 radical (unpaired) electrons. The summed E-state index contributed by atoms with van der Waals surface area (Å²) in [6.07, 6.45) is 0. The third-order valence-corrected chi connectivity index (χ3v) is 8.24. The van der Waals surface area contributed by atoms with Gasteiger partial charge >= 0.3 is 0 Å². The molecule has 0 aromatic heterocycles. The number of hydrogen-bond acceptors (Lipinski definition) is 1. The van der Waals surface area contributed by atoms with E-state index in [-0.39, 0.29) is 0 Å². The van der Waals surface area contributed by atoms with E-state index in [1.807, 2.05) is 11.8 Å². The minimum Gasteiger partial charge on any atom is -0.0888 e. The Labute approximate surface area is 222 Å². The molecule has 174 valence electrons. The van der Waals surface area contributed by atoms with Gasteiger partial charge in [-0.2, -0.15) is 0 Å². The third-order valence-electron chi connectivity index (χ3n) is 7.09. The summed E-state index contributed by atoms with van der Waals surface area (Å²) >= 11 is 1.87. The Morgan fingerprint density at radius 3 is 1.24 bits per heavy atom. The van der Waals surface area contributed by atoms with Crippen molar-refractivity contribution in [3.05, 3.63) is 146 Å². The summed E-state index contributed by atoms with van der Waals surface area (Å²) in [5, 5.41) is 0. The normalized spacial score (nSPS) is 11.7. The summed E-state index contributed by atoms with van der Waals surface area (Å²) in [5.41, 5.74) is 12.7. The third kappa shape index (κ3) is 3.80. The second kappa shape index (κ2) is 9.28. The van der Waals surface area contributed by atoms with Gasteiger partial charge in [0.15, 0.2) is 0 Å². The van der Waals surface area contributed by atoms with E-state index in [0.717, 1.165) is 0 Å². The number of rotatable bonds is 3. The maximum absolute atomic E-state index is 2.42. The van der Waals surface area contributed by atoms with Gasteiger partial charge in [-0.05, 0) is 73.8 Å². The Balaban J connectivity index is 1.74. The number of fused-ring (bicyclic) bond motifs is 5. The van der Waals surface area contributed by atoms with Gasteiger partial charge < -0.3 is 0 Å². The Bertz CT molecular complexity index is 1720. The van der Waals surface area contributed by atoms with Crippen molar-refractivity contribution in [3.8, 4) is 55.6 Å². The van der Waals surface area contributed by atoms with Crippen LogP contribution >= 0.6 is 11.8 Å². The standard InChI is InChI=1S/C36H24S/c1-4-14-25(15-5-1)30-24-31(26-16-6-2-7-17-26)35-28-20-10-12-22-32(28)37-33-23-13-11-21-29(33)36(35)34(30)27-18-8-3-9-19-27/h1-24H. The lowest BCUT2D eigenvalue weighted by Crippen LogP contribution is -1.97. The molecule has 1 aliphatic rings. The van der Waals surface area contributed by atoms with Crippen molar-refractivity contribution >= 4 is 11.8 Å². The molecule has 0 aliphatic carbocycles. The van der Waals surface area contributed by atoms with Gasteiger partial charge in [-0.3, -0.25) is 0 Å². The van der Waals surface area contributed by atoms with Gasteiger partial charge in [-0.1, -0.05) is 139 Å². The summed E-state index contributed by atoms with van der Waals surface area (Å²) in [6.45, 7) is 0. The molecule has 0 fully saturated rings. The van der Waals surface area contributed by atoms with Gasteiger partial charge in [0.05, 0.1) is 0 Å². The van der Waals surface area contributed by atoms with Crippen molar-refractivity contribution in [1.29, 1.82) is 0 Å². The molecule has 7 rings (SSSR count). The van der Waals surface area contributed by atoms with Gasteiger partial charge in [0, 0.05) is 9.79 Å². The summed E-state index contributed by atoms with van der Waals surface area (Å²) in [6, 6.07) is 52.7. The lowest BCUT2D eigenvalue weighted by Gasteiger charge is -2.24. The fourth-order valence-corrected chi connectivity index (χ4v) is 6.56. The van der Waals surface area contributed by atoms with Crippen LogP contribution in [-0.2, 0) is 0 Å². The highest BCUT2D eigenvalue weighted by Gasteiger charge is 2.28. The predicted molar refractivity (Wildman–Crippen MR) is 158 cm³/mol. The molecule has 0 nitrogen and oxygen atoms in total. The van der Waals surface area contributed by atoms with Gasteiger partial charge in [-0.25, -0.2) is 0 Å². The zero-order chi connectivity index (χ0) is 24.6. The molecular weight excluding hydrogens is 464 g/mol. The predicted octanol–water partition coefficient (Wildman–Crippen LogP) is 10.5. The minimum atomic E-state index is 1.23. The quantitative estimate of drug-likeness (QED) is 0.238. The molecule has 1 heterocycles. The van der Waals surface area contributed by atoms with Crippen molar-refractivity contribution in [3.63, 3.8) is 0 Å². The monoisotopic (exact) mass is 488 g/mol. The van der Waals surface area contributed by atoms with E-state index >= 15 is 0 Å². The lowest BCUT2D eigenvalue weighted by molar-refractivity contribution is 1.44. The topological polar surface area (TPSA) is 0 Å². The fraction of sp³-hybridized carbons (Fsp3) is 0. The number of hydrogen-bond donors (Lipinski definition) is 0. The Morgan fingerprint density at radius 2 is 0.703 bits per heavy atom. The first-order valence-corrected chi connectivity index (χ1v) is 13.4. The van der Waals surface area contributed by atoms with E-state index < -0.39 is 0 Å². The van der Waals surface area contributed by atoms with Crippen molar-refractivity contribution in [2.45, 2.75) is 9.79 Å². The van der Waals surface area contributed by atoms with E-state index in [1.54, 1.807) is 0 Å². The zero-order valence-electron chi connectivity index (χ0n) is 20.3. The second-order valence-corrected chi connectivity index (χ2v) is 10.4. The average Bonchev–Trinajstić information content (AvgIpc) is 3.12. The van der Waals surface area contributed by atoms with E-state index in [0.29, 0.717) is 0 Å². The van der Waals surface area contributed by atoms with E-state index in [9.17, 15) is 0 Å². The molecular formula is C36H24S. The van der Waals surface area contributed by atoms with Crippen LogP contribution in [0.3, 0.4) is 0 Å². The molecule has 0 amide bonds. The smallest absolute Gasteiger partial charge is 0.0201 e. The first-order chi connectivity index (χ1) is 18.4. The highest BCUT2D eigenvalue weighted by atomic mass is 32.2. The molecule has 6 aromatic carbocycles. The molecule has 0 atom stereocenters. The zero-order valence-corrected chi connectivity index (χ0v) is 21.1. The SMILES string of the molecule is c1ccc(-c2cc(-c3ccccc3)c3c(c2-c2ccccc2)-c2ccccc2Sc2ccccc2-3)cc1. The highest BCUT2D eigenvalue weighted by Crippen LogP contribution is 2.56.